The standard InChI is InChI=1S/C13H25N3O.2ClH/c14-12-5-3-4-11(12)10-13(17)15-6-9-16-7-1-2-8-16;;/h11-12H,1-10,14H2,(H,15,17);2*1H/t11-,12+;;/m0../s1. The van der Waals surface area contributed by atoms with Gasteiger partial charge < -0.3 is 16.0 Å². The van der Waals surface area contributed by atoms with Crippen LogP contribution in [0.1, 0.15) is 38.5 Å². The van der Waals surface area contributed by atoms with Crippen molar-refractivity contribution in [1.82, 2.24) is 10.2 Å². The molecule has 1 saturated heterocycles. The van der Waals surface area contributed by atoms with Crippen molar-refractivity contribution in [1.29, 1.82) is 0 Å². The molecule has 2 atom stereocenters. The first-order chi connectivity index (χ1) is 8.25. The first kappa shape index (κ1) is 19.0. The molecule has 1 saturated carbocycles. The van der Waals surface area contributed by atoms with Gasteiger partial charge in [0.15, 0.2) is 0 Å². The van der Waals surface area contributed by atoms with E-state index in [4.69, 9.17) is 5.73 Å². The van der Waals surface area contributed by atoms with Crippen LogP contribution in [0.4, 0.5) is 0 Å². The average molecular weight is 312 g/mol. The largest absolute Gasteiger partial charge is 0.355 e. The van der Waals surface area contributed by atoms with E-state index >= 15 is 0 Å². The van der Waals surface area contributed by atoms with Gasteiger partial charge in [-0.15, -0.1) is 24.8 Å². The Hall–Kier alpha value is -0.0300. The van der Waals surface area contributed by atoms with Crippen LogP contribution in [0.15, 0.2) is 0 Å². The molecular weight excluding hydrogens is 285 g/mol. The predicted molar refractivity (Wildman–Crippen MR) is 83.1 cm³/mol. The molecule has 0 aromatic carbocycles. The Morgan fingerprint density at radius 3 is 2.42 bits per heavy atom. The molecule has 3 N–H and O–H groups in total. The fourth-order valence-corrected chi connectivity index (χ4v) is 2.99. The molecule has 0 unspecified atom stereocenters. The van der Waals surface area contributed by atoms with E-state index in [1.165, 1.54) is 32.4 Å². The quantitative estimate of drug-likeness (QED) is 0.810. The summed E-state index contributed by atoms with van der Waals surface area (Å²) in [6.45, 7) is 4.19. The van der Waals surface area contributed by atoms with Gasteiger partial charge in [0, 0.05) is 25.6 Å². The van der Waals surface area contributed by atoms with Crippen molar-refractivity contribution in [2.45, 2.75) is 44.6 Å². The zero-order valence-electron chi connectivity index (χ0n) is 11.5. The minimum Gasteiger partial charge on any atom is -0.355 e. The summed E-state index contributed by atoms with van der Waals surface area (Å²) in [5, 5.41) is 3.02. The van der Waals surface area contributed by atoms with Crippen molar-refractivity contribution < 1.29 is 4.79 Å². The summed E-state index contributed by atoms with van der Waals surface area (Å²) in [5.74, 6) is 0.605. The maximum atomic E-state index is 11.7. The maximum absolute atomic E-state index is 11.7. The topological polar surface area (TPSA) is 58.4 Å². The highest BCUT2D eigenvalue weighted by Gasteiger charge is 2.25. The second kappa shape index (κ2) is 9.81. The molecule has 1 aliphatic carbocycles. The molecule has 4 nitrogen and oxygen atoms in total. The third-order valence-electron chi connectivity index (χ3n) is 4.11. The minimum atomic E-state index is 0. The zero-order chi connectivity index (χ0) is 12.1. The van der Waals surface area contributed by atoms with Crippen molar-refractivity contribution in [2.24, 2.45) is 11.7 Å². The highest BCUT2D eigenvalue weighted by Crippen LogP contribution is 2.26. The van der Waals surface area contributed by atoms with Crippen LogP contribution in [0.25, 0.3) is 0 Å². The molecule has 0 aromatic heterocycles. The summed E-state index contributed by atoms with van der Waals surface area (Å²) >= 11 is 0. The summed E-state index contributed by atoms with van der Waals surface area (Å²) < 4.78 is 0. The molecule has 6 heteroatoms. The lowest BCUT2D eigenvalue weighted by atomic mass is 10.00. The Labute approximate surface area is 128 Å². The van der Waals surface area contributed by atoms with Crippen LogP contribution in [0.2, 0.25) is 0 Å². The average Bonchev–Trinajstić information content (AvgIpc) is 2.92. The molecule has 0 aromatic rings. The fraction of sp³-hybridized carbons (Fsp3) is 0.923. The van der Waals surface area contributed by atoms with Gasteiger partial charge in [-0.2, -0.15) is 0 Å². The van der Waals surface area contributed by atoms with Crippen LogP contribution >= 0.6 is 24.8 Å². The van der Waals surface area contributed by atoms with Crippen molar-refractivity contribution in [2.75, 3.05) is 26.2 Å². The number of carbonyl (C=O) groups excluding carboxylic acids is 1. The number of carbonyl (C=O) groups is 1. The van der Waals surface area contributed by atoms with Gasteiger partial charge in [-0.3, -0.25) is 4.79 Å². The van der Waals surface area contributed by atoms with Gasteiger partial charge in [0.05, 0.1) is 0 Å². The first-order valence-corrected chi connectivity index (χ1v) is 7.00. The van der Waals surface area contributed by atoms with E-state index in [9.17, 15) is 4.79 Å². The number of halogens is 2. The van der Waals surface area contributed by atoms with Gasteiger partial charge in [-0.1, -0.05) is 6.42 Å². The van der Waals surface area contributed by atoms with E-state index < -0.39 is 0 Å². The van der Waals surface area contributed by atoms with Crippen LogP contribution in [0, 0.1) is 5.92 Å². The number of nitrogens with two attached hydrogens (primary N) is 1. The van der Waals surface area contributed by atoms with E-state index in [0.717, 1.165) is 25.9 Å². The summed E-state index contributed by atoms with van der Waals surface area (Å²) in [6.07, 6.45) is 6.65. The van der Waals surface area contributed by atoms with Gasteiger partial charge in [0.25, 0.3) is 0 Å². The van der Waals surface area contributed by atoms with Crippen LogP contribution in [-0.4, -0.2) is 43.0 Å². The second-order valence-corrected chi connectivity index (χ2v) is 5.46. The molecule has 0 spiro atoms. The van der Waals surface area contributed by atoms with Crippen LogP contribution in [-0.2, 0) is 4.79 Å². The minimum absolute atomic E-state index is 0. The van der Waals surface area contributed by atoms with Crippen LogP contribution < -0.4 is 11.1 Å². The molecule has 19 heavy (non-hydrogen) atoms. The zero-order valence-corrected chi connectivity index (χ0v) is 13.1. The van der Waals surface area contributed by atoms with E-state index in [1.807, 2.05) is 0 Å². The number of hydrogen-bond donors (Lipinski definition) is 2. The Morgan fingerprint density at radius 1 is 1.16 bits per heavy atom. The highest BCUT2D eigenvalue weighted by atomic mass is 35.5. The summed E-state index contributed by atoms with van der Waals surface area (Å²) in [5.41, 5.74) is 5.97. The monoisotopic (exact) mass is 311 g/mol. The van der Waals surface area contributed by atoms with E-state index in [0.29, 0.717) is 12.3 Å². The van der Waals surface area contributed by atoms with Crippen molar-refractivity contribution in [3.8, 4) is 0 Å². The van der Waals surface area contributed by atoms with Crippen molar-refractivity contribution in [3.63, 3.8) is 0 Å². The van der Waals surface area contributed by atoms with Crippen molar-refractivity contribution in [3.05, 3.63) is 0 Å². The van der Waals surface area contributed by atoms with Gasteiger partial charge in [0.2, 0.25) is 5.91 Å². The number of likely N-dealkylation sites (tertiary alicyclic amines) is 1. The Morgan fingerprint density at radius 2 is 1.84 bits per heavy atom. The smallest absolute Gasteiger partial charge is 0.220 e. The third-order valence-corrected chi connectivity index (χ3v) is 4.11. The number of amides is 1. The lowest BCUT2D eigenvalue weighted by Gasteiger charge is -2.17. The molecular formula is C13H27Cl2N3O. The van der Waals surface area contributed by atoms with Crippen molar-refractivity contribution >= 4 is 30.7 Å². The fourth-order valence-electron chi connectivity index (χ4n) is 2.99. The molecule has 1 heterocycles. The predicted octanol–water partition coefficient (Wildman–Crippen LogP) is 1.56. The molecule has 2 rings (SSSR count). The molecule has 1 amide bonds. The lowest BCUT2D eigenvalue weighted by molar-refractivity contribution is -0.122. The molecule has 2 aliphatic rings. The maximum Gasteiger partial charge on any atom is 0.220 e. The van der Waals surface area contributed by atoms with Gasteiger partial charge >= 0.3 is 0 Å². The first-order valence-electron chi connectivity index (χ1n) is 7.00. The lowest BCUT2D eigenvalue weighted by Crippen LogP contribution is -2.36. The third kappa shape index (κ3) is 6.30. The number of nitrogens with one attached hydrogen (secondary N) is 1. The van der Waals surface area contributed by atoms with E-state index in [1.54, 1.807) is 0 Å². The molecule has 0 bridgehead atoms. The Kier molecular flexibility index (Phi) is 9.79. The van der Waals surface area contributed by atoms with Crippen LogP contribution in [0.5, 0.6) is 0 Å². The van der Waals surface area contributed by atoms with Gasteiger partial charge in [-0.05, 0) is 44.7 Å². The SMILES string of the molecule is Cl.Cl.N[C@@H]1CCC[C@H]1CC(=O)NCCN1CCCC1. The van der Waals surface area contributed by atoms with Crippen LogP contribution in [0.3, 0.4) is 0 Å². The van der Waals surface area contributed by atoms with Gasteiger partial charge in [-0.25, -0.2) is 0 Å². The summed E-state index contributed by atoms with van der Waals surface area (Å²) in [4.78, 5) is 14.2. The Bertz CT molecular complexity index is 260. The number of nitrogens with zero attached hydrogens (tertiary/aromatic N) is 1. The van der Waals surface area contributed by atoms with E-state index in [2.05, 4.69) is 10.2 Å². The van der Waals surface area contributed by atoms with Gasteiger partial charge in [0.1, 0.15) is 0 Å². The normalized spacial score (nSPS) is 26.6. The number of rotatable bonds is 5. The Balaban J connectivity index is 0.00000162. The second-order valence-electron chi connectivity index (χ2n) is 5.46. The molecule has 114 valence electrons. The molecule has 0 radical (unpaired) electrons. The molecule has 2 fully saturated rings. The summed E-state index contributed by atoms with van der Waals surface area (Å²) in [7, 11) is 0. The van der Waals surface area contributed by atoms with E-state index in [-0.39, 0.29) is 36.8 Å². The number of hydrogen-bond acceptors (Lipinski definition) is 3. The summed E-state index contributed by atoms with van der Waals surface area (Å²) in [6, 6.07) is 0.249. The molecule has 1 aliphatic heterocycles. The highest BCUT2D eigenvalue weighted by molar-refractivity contribution is 5.85.